The Balaban J connectivity index is 1.26. The summed E-state index contributed by atoms with van der Waals surface area (Å²) in [6.45, 7) is 0.581. The molecule has 0 saturated heterocycles. The molecule has 1 fully saturated rings. The molecule has 1 saturated carbocycles. The molecule has 0 unspecified atom stereocenters. The van der Waals surface area contributed by atoms with Crippen molar-refractivity contribution in [3.05, 3.63) is 71.8 Å². The Bertz CT molecular complexity index is 967. The van der Waals surface area contributed by atoms with Crippen LogP contribution in [0, 0.1) is 5.92 Å². The van der Waals surface area contributed by atoms with Gasteiger partial charge in [-0.05, 0) is 42.0 Å². The number of pyridine rings is 1. The first-order valence-corrected chi connectivity index (χ1v) is 8.92. The Hall–Kier alpha value is -3.02. The van der Waals surface area contributed by atoms with Gasteiger partial charge in [-0.2, -0.15) is 0 Å². The summed E-state index contributed by atoms with van der Waals surface area (Å²) in [5.74, 6) is 0.421. The number of hydrogen-bond acceptors (Lipinski definition) is 4. The van der Waals surface area contributed by atoms with Crippen molar-refractivity contribution in [2.24, 2.45) is 5.92 Å². The number of carbonyl (C=O) groups is 1. The van der Waals surface area contributed by atoms with Crippen molar-refractivity contribution in [3.8, 4) is 0 Å². The predicted octanol–water partition coefficient (Wildman–Crippen LogP) is 2.56. The summed E-state index contributed by atoms with van der Waals surface area (Å²) in [4.78, 5) is 21.0. The zero-order valence-corrected chi connectivity index (χ0v) is 14.3. The SMILES string of the molecule is O=C(Nc1ncn(Cc2cccnc2)n1)[C@H]1C[C@@]12CCc1ccccc12. The summed E-state index contributed by atoms with van der Waals surface area (Å²) in [5.41, 5.74) is 3.83. The minimum atomic E-state index is 0.0245. The highest BCUT2D eigenvalue weighted by molar-refractivity contribution is 5.95. The van der Waals surface area contributed by atoms with Crippen LogP contribution in [0.4, 0.5) is 5.95 Å². The Labute approximate surface area is 151 Å². The van der Waals surface area contributed by atoms with E-state index in [1.165, 1.54) is 11.1 Å². The fourth-order valence-electron chi connectivity index (χ4n) is 4.24. The average Bonchev–Trinajstić information content (AvgIpc) is 3.06. The average molecular weight is 345 g/mol. The van der Waals surface area contributed by atoms with E-state index in [4.69, 9.17) is 0 Å². The fraction of sp³-hybridized carbons (Fsp3) is 0.300. The number of hydrogen-bond donors (Lipinski definition) is 1. The number of carbonyl (C=O) groups excluding carboxylic acids is 1. The number of amides is 1. The second-order valence-electron chi connectivity index (χ2n) is 7.19. The van der Waals surface area contributed by atoms with Gasteiger partial charge in [0.15, 0.2) is 0 Å². The summed E-state index contributed by atoms with van der Waals surface area (Å²) < 4.78 is 1.71. The van der Waals surface area contributed by atoms with Crippen LogP contribution in [0.2, 0.25) is 0 Å². The molecule has 2 aromatic heterocycles. The highest BCUT2D eigenvalue weighted by Crippen LogP contribution is 2.61. The molecule has 1 amide bonds. The number of nitrogens with zero attached hydrogens (tertiary/aromatic N) is 4. The van der Waals surface area contributed by atoms with E-state index >= 15 is 0 Å². The molecule has 5 rings (SSSR count). The minimum absolute atomic E-state index is 0.0245. The van der Waals surface area contributed by atoms with Gasteiger partial charge in [0.1, 0.15) is 6.33 Å². The first-order valence-electron chi connectivity index (χ1n) is 8.92. The quantitative estimate of drug-likeness (QED) is 0.789. The molecule has 1 N–H and O–H groups in total. The van der Waals surface area contributed by atoms with Crippen molar-refractivity contribution in [1.29, 1.82) is 0 Å². The van der Waals surface area contributed by atoms with E-state index < -0.39 is 0 Å². The summed E-state index contributed by atoms with van der Waals surface area (Å²) in [6, 6.07) is 12.4. The maximum absolute atomic E-state index is 12.7. The van der Waals surface area contributed by atoms with Crippen molar-refractivity contribution >= 4 is 11.9 Å². The third-order valence-electron chi connectivity index (χ3n) is 5.62. The number of nitrogens with one attached hydrogen (secondary N) is 1. The molecule has 0 radical (unpaired) electrons. The van der Waals surface area contributed by atoms with Crippen molar-refractivity contribution in [2.45, 2.75) is 31.2 Å². The third kappa shape index (κ3) is 2.49. The standard InChI is InChI=1S/C20H19N5O/c26-18(17-10-20(17)8-7-15-5-1-2-6-16(15)20)23-19-22-13-25(24-19)12-14-4-3-9-21-11-14/h1-6,9,11,13,17H,7-8,10,12H2,(H,23,24,26)/t17-,20-/m1/s1. The maximum atomic E-state index is 12.7. The van der Waals surface area contributed by atoms with Crippen LogP contribution in [0.3, 0.4) is 0 Å². The van der Waals surface area contributed by atoms with Gasteiger partial charge in [0.2, 0.25) is 11.9 Å². The first kappa shape index (κ1) is 15.3. The highest BCUT2D eigenvalue weighted by Gasteiger charge is 2.61. The zero-order chi connectivity index (χ0) is 17.6. The van der Waals surface area contributed by atoms with E-state index in [1.54, 1.807) is 23.4 Å². The zero-order valence-electron chi connectivity index (χ0n) is 14.3. The van der Waals surface area contributed by atoms with Gasteiger partial charge in [-0.3, -0.25) is 15.1 Å². The molecule has 0 aliphatic heterocycles. The van der Waals surface area contributed by atoms with Gasteiger partial charge >= 0.3 is 0 Å². The highest BCUT2D eigenvalue weighted by atomic mass is 16.2. The summed E-state index contributed by atoms with van der Waals surface area (Å²) in [6.07, 6.45) is 8.22. The molecule has 26 heavy (non-hydrogen) atoms. The van der Waals surface area contributed by atoms with Crippen LogP contribution in [0.1, 0.15) is 29.5 Å². The predicted molar refractivity (Wildman–Crippen MR) is 96.5 cm³/mol. The number of rotatable bonds is 4. The van der Waals surface area contributed by atoms with Crippen LogP contribution < -0.4 is 5.32 Å². The fourth-order valence-corrected chi connectivity index (χ4v) is 4.24. The molecule has 6 heteroatoms. The Morgan fingerprint density at radius 2 is 2.19 bits per heavy atom. The number of benzene rings is 1. The van der Waals surface area contributed by atoms with Gasteiger partial charge in [-0.1, -0.05) is 30.3 Å². The summed E-state index contributed by atoms with van der Waals surface area (Å²) in [7, 11) is 0. The van der Waals surface area contributed by atoms with Gasteiger partial charge in [-0.25, -0.2) is 9.67 Å². The molecule has 1 spiro atoms. The molecular formula is C20H19N5O. The van der Waals surface area contributed by atoms with Gasteiger partial charge in [0.05, 0.1) is 6.54 Å². The molecule has 2 aliphatic carbocycles. The second kappa shape index (κ2) is 5.76. The monoisotopic (exact) mass is 345 g/mol. The van der Waals surface area contributed by atoms with E-state index in [2.05, 4.69) is 44.6 Å². The number of aryl methyl sites for hydroxylation is 1. The molecule has 6 nitrogen and oxygen atoms in total. The van der Waals surface area contributed by atoms with Gasteiger partial charge in [0.25, 0.3) is 0 Å². The van der Waals surface area contributed by atoms with E-state index in [0.29, 0.717) is 12.5 Å². The summed E-state index contributed by atoms with van der Waals surface area (Å²) >= 11 is 0. The maximum Gasteiger partial charge on any atom is 0.248 e. The van der Waals surface area contributed by atoms with Crippen LogP contribution in [0.25, 0.3) is 0 Å². The van der Waals surface area contributed by atoms with E-state index in [-0.39, 0.29) is 17.2 Å². The molecule has 2 atom stereocenters. The number of aromatic nitrogens is 4. The van der Waals surface area contributed by atoms with Gasteiger partial charge < -0.3 is 0 Å². The lowest BCUT2D eigenvalue weighted by Gasteiger charge is -2.10. The Morgan fingerprint density at radius 3 is 3.08 bits per heavy atom. The Morgan fingerprint density at radius 1 is 1.27 bits per heavy atom. The number of anilines is 1. The normalized spacial score (nSPS) is 23.0. The van der Waals surface area contributed by atoms with Crippen LogP contribution >= 0.6 is 0 Å². The molecule has 2 aliphatic rings. The minimum Gasteiger partial charge on any atom is -0.293 e. The molecule has 0 bridgehead atoms. The molecular weight excluding hydrogens is 326 g/mol. The largest absolute Gasteiger partial charge is 0.293 e. The van der Waals surface area contributed by atoms with Gasteiger partial charge in [0, 0.05) is 23.7 Å². The van der Waals surface area contributed by atoms with Crippen molar-refractivity contribution < 1.29 is 4.79 Å². The van der Waals surface area contributed by atoms with Crippen LogP contribution in [-0.4, -0.2) is 25.7 Å². The van der Waals surface area contributed by atoms with Crippen molar-refractivity contribution in [1.82, 2.24) is 19.7 Å². The van der Waals surface area contributed by atoms with Crippen LogP contribution in [0.5, 0.6) is 0 Å². The molecule has 130 valence electrons. The first-order chi connectivity index (χ1) is 12.7. The van der Waals surface area contributed by atoms with Gasteiger partial charge in [-0.15, -0.1) is 5.10 Å². The van der Waals surface area contributed by atoms with E-state index in [0.717, 1.165) is 24.8 Å². The smallest absolute Gasteiger partial charge is 0.248 e. The lowest BCUT2D eigenvalue weighted by atomic mass is 9.95. The lowest BCUT2D eigenvalue weighted by molar-refractivity contribution is -0.117. The number of fused-ring (bicyclic) bond motifs is 2. The Kier molecular flexibility index (Phi) is 3.38. The molecule has 2 heterocycles. The third-order valence-corrected chi connectivity index (χ3v) is 5.62. The van der Waals surface area contributed by atoms with Crippen molar-refractivity contribution in [2.75, 3.05) is 5.32 Å². The van der Waals surface area contributed by atoms with E-state index in [1.807, 2.05) is 12.1 Å². The summed E-state index contributed by atoms with van der Waals surface area (Å²) in [5, 5.41) is 7.26. The lowest BCUT2D eigenvalue weighted by Crippen LogP contribution is -2.20. The topological polar surface area (TPSA) is 72.7 Å². The van der Waals surface area contributed by atoms with E-state index in [9.17, 15) is 4.79 Å². The molecule has 1 aromatic carbocycles. The second-order valence-corrected chi connectivity index (χ2v) is 7.19. The van der Waals surface area contributed by atoms with Crippen LogP contribution in [0.15, 0.2) is 55.1 Å². The molecule has 3 aromatic rings. The van der Waals surface area contributed by atoms with Crippen LogP contribution in [-0.2, 0) is 23.2 Å². The van der Waals surface area contributed by atoms with Crippen molar-refractivity contribution in [3.63, 3.8) is 0 Å².